The zero-order valence-corrected chi connectivity index (χ0v) is 15.5. The third-order valence-electron chi connectivity index (χ3n) is 5.68. The molecular formula is C23H21ClO2. The van der Waals surface area contributed by atoms with E-state index >= 15 is 0 Å². The highest BCUT2D eigenvalue weighted by molar-refractivity contribution is 6.30. The van der Waals surface area contributed by atoms with Gasteiger partial charge in [-0.15, -0.1) is 0 Å². The molecule has 132 valence electrons. The van der Waals surface area contributed by atoms with Crippen LogP contribution in [0.25, 0.3) is 11.1 Å². The van der Waals surface area contributed by atoms with Crippen LogP contribution < -0.4 is 0 Å². The molecular weight excluding hydrogens is 344 g/mol. The van der Waals surface area contributed by atoms with Crippen molar-refractivity contribution in [3.8, 4) is 11.1 Å². The molecule has 3 aliphatic rings. The molecule has 2 nitrogen and oxygen atoms in total. The average molecular weight is 365 g/mol. The molecule has 2 bridgehead atoms. The molecule has 0 amide bonds. The highest BCUT2D eigenvalue weighted by Crippen LogP contribution is 2.39. The molecule has 26 heavy (non-hydrogen) atoms. The molecule has 1 fully saturated rings. The lowest BCUT2D eigenvalue weighted by Crippen LogP contribution is -2.26. The SMILES string of the molecule is CCc1ccc(-c2ccc(Cl)cc2)cc1C1C(=O)[C@@H]2C=C[C@@H](CC2)C1=O. The van der Waals surface area contributed by atoms with Crippen LogP contribution in [-0.2, 0) is 16.0 Å². The lowest BCUT2D eigenvalue weighted by molar-refractivity contribution is -0.130. The number of aryl methyl sites for hydroxylation is 1. The van der Waals surface area contributed by atoms with Crippen LogP contribution in [0.15, 0.2) is 54.6 Å². The van der Waals surface area contributed by atoms with Gasteiger partial charge in [-0.25, -0.2) is 0 Å². The molecule has 3 heteroatoms. The summed E-state index contributed by atoms with van der Waals surface area (Å²) in [5, 5.41) is 0.691. The van der Waals surface area contributed by atoms with Gasteiger partial charge in [0.2, 0.25) is 0 Å². The lowest BCUT2D eigenvalue weighted by Gasteiger charge is -2.20. The van der Waals surface area contributed by atoms with Gasteiger partial charge in [0, 0.05) is 16.9 Å². The van der Waals surface area contributed by atoms with E-state index in [1.165, 1.54) is 0 Å². The molecule has 0 aromatic heterocycles. The van der Waals surface area contributed by atoms with E-state index in [0.717, 1.165) is 41.5 Å². The summed E-state index contributed by atoms with van der Waals surface area (Å²) in [5.41, 5.74) is 4.01. The van der Waals surface area contributed by atoms with Crippen LogP contribution in [0.1, 0.15) is 36.8 Å². The molecule has 2 aromatic carbocycles. The molecule has 0 N–H and O–H groups in total. The van der Waals surface area contributed by atoms with Crippen molar-refractivity contribution in [2.24, 2.45) is 11.8 Å². The Morgan fingerprint density at radius 2 is 1.46 bits per heavy atom. The standard InChI is InChI=1S/C23H21ClO2/c1-2-14-3-8-18(15-9-11-19(24)12-10-15)13-20(14)21-22(25)16-4-5-17(7-6-16)23(21)26/h3-5,8-13,16-17,21H,2,6-7H2,1H3/t16-,17+,21?. The Labute approximate surface area is 158 Å². The van der Waals surface area contributed by atoms with E-state index in [9.17, 15) is 9.59 Å². The number of benzene rings is 2. The summed E-state index contributed by atoms with van der Waals surface area (Å²) < 4.78 is 0. The van der Waals surface area contributed by atoms with E-state index in [1.54, 1.807) is 0 Å². The molecule has 1 unspecified atom stereocenters. The summed E-state index contributed by atoms with van der Waals surface area (Å²) in [6.45, 7) is 2.07. The zero-order chi connectivity index (χ0) is 18.3. The Balaban J connectivity index is 1.82. The van der Waals surface area contributed by atoms with E-state index in [4.69, 9.17) is 11.6 Å². The number of hydrogen-bond donors (Lipinski definition) is 0. The van der Waals surface area contributed by atoms with Crippen molar-refractivity contribution in [1.82, 2.24) is 0 Å². The van der Waals surface area contributed by atoms with Gasteiger partial charge in [-0.3, -0.25) is 9.59 Å². The van der Waals surface area contributed by atoms with Crippen LogP contribution in [0.3, 0.4) is 0 Å². The molecule has 0 heterocycles. The number of halogens is 1. The molecule has 3 atom stereocenters. The third kappa shape index (κ3) is 2.93. The molecule has 3 aliphatic carbocycles. The van der Waals surface area contributed by atoms with Crippen LogP contribution in [0.4, 0.5) is 0 Å². The van der Waals surface area contributed by atoms with Crippen LogP contribution >= 0.6 is 11.6 Å². The Kier molecular flexibility index (Phi) is 4.54. The third-order valence-corrected chi connectivity index (χ3v) is 5.93. The van der Waals surface area contributed by atoms with Crippen LogP contribution in [-0.4, -0.2) is 11.6 Å². The van der Waals surface area contributed by atoms with Gasteiger partial charge >= 0.3 is 0 Å². The Morgan fingerprint density at radius 3 is 2.00 bits per heavy atom. The monoisotopic (exact) mass is 364 g/mol. The fourth-order valence-corrected chi connectivity index (χ4v) is 4.30. The van der Waals surface area contributed by atoms with Crippen molar-refractivity contribution < 1.29 is 9.59 Å². The fourth-order valence-electron chi connectivity index (χ4n) is 4.18. The summed E-state index contributed by atoms with van der Waals surface area (Å²) in [6.07, 6.45) is 6.28. The summed E-state index contributed by atoms with van der Waals surface area (Å²) >= 11 is 6.00. The predicted molar refractivity (Wildman–Crippen MR) is 104 cm³/mol. The Morgan fingerprint density at radius 1 is 0.885 bits per heavy atom. The number of rotatable bonds is 3. The van der Waals surface area contributed by atoms with Gasteiger partial charge in [-0.1, -0.05) is 54.9 Å². The van der Waals surface area contributed by atoms with Gasteiger partial charge in [0.25, 0.3) is 0 Å². The van der Waals surface area contributed by atoms with E-state index in [-0.39, 0.29) is 23.4 Å². The van der Waals surface area contributed by atoms with E-state index in [2.05, 4.69) is 19.1 Å². The first kappa shape index (κ1) is 17.2. The summed E-state index contributed by atoms with van der Waals surface area (Å²) in [7, 11) is 0. The fraction of sp³-hybridized carbons (Fsp3) is 0.304. The predicted octanol–water partition coefficient (Wildman–Crippen LogP) is 5.39. The first-order valence-electron chi connectivity index (χ1n) is 9.23. The number of carbonyl (C=O) groups excluding carboxylic acids is 2. The van der Waals surface area contributed by atoms with Crippen molar-refractivity contribution in [3.05, 3.63) is 70.8 Å². The van der Waals surface area contributed by atoms with Crippen molar-refractivity contribution >= 4 is 23.2 Å². The minimum atomic E-state index is -0.635. The smallest absolute Gasteiger partial charge is 0.154 e. The number of carbonyl (C=O) groups is 2. The van der Waals surface area contributed by atoms with E-state index in [0.29, 0.717) is 5.02 Å². The maximum absolute atomic E-state index is 13.1. The van der Waals surface area contributed by atoms with Gasteiger partial charge in [0.1, 0.15) is 5.92 Å². The van der Waals surface area contributed by atoms with Crippen molar-refractivity contribution in [1.29, 1.82) is 0 Å². The van der Waals surface area contributed by atoms with Crippen molar-refractivity contribution in [2.45, 2.75) is 32.1 Å². The molecule has 1 saturated carbocycles. The van der Waals surface area contributed by atoms with Gasteiger partial charge in [0.05, 0.1) is 0 Å². The highest BCUT2D eigenvalue weighted by Gasteiger charge is 2.42. The molecule has 0 spiro atoms. The van der Waals surface area contributed by atoms with Gasteiger partial charge in [-0.2, -0.15) is 0 Å². The zero-order valence-electron chi connectivity index (χ0n) is 14.7. The second kappa shape index (κ2) is 6.85. The summed E-state index contributed by atoms with van der Waals surface area (Å²) in [4.78, 5) is 26.2. The van der Waals surface area contributed by atoms with Crippen LogP contribution in [0, 0.1) is 11.8 Å². The van der Waals surface area contributed by atoms with Crippen molar-refractivity contribution in [2.75, 3.05) is 0 Å². The van der Waals surface area contributed by atoms with Gasteiger partial charge in [-0.05, 0) is 59.7 Å². The maximum atomic E-state index is 13.1. The number of allylic oxidation sites excluding steroid dienone is 2. The Hall–Kier alpha value is -2.19. The lowest BCUT2D eigenvalue weighted by atomic mass is 9.81. The van der Waals surface area contributed by atoms with Crippen molar-refractivity contribution in [3.63, 3.8) is 0 Å². The quantitative estimate of drug-likeness (QED) is 0.540. The minimum absolute atomic E-state index is 0.0641. The summed E-state index contributed by atoms with van der Waals surface area (Å²) in [5.74, 6) is -0.744. The maximum Gasteiger partial charge on any atom is 0.154 e. The van der Waals surface area contributed by atoms with Gasteiger partial charge < -0.3 is 0 Å². The first-order chi connectivity index (χ1) is 12.6. The molecule has 0 radical (unpaired) electrons. The minimum Gasteiger partial charge on any atom is -0.298 e. The molecule has 5 rings (SSSR count). The number of hydrogen-bond acceptors (Lipinski definition) is 2. The van der Waals surface area contributed by atoms with E-state index in [1.807, 2.05) is 42.5 Å². The molecule has 0 saturated heterocycles. The molecule has 2 aromatic rings. The van der Waals surface area contributed by atoms with E-state index < -0.39 is 5.92 Å². The van der Waals surface area contributed by atoms with Crippen LogP contribution in [0.5, 0.6) is 0 Å². The second-order valence-electron chi connectivity index (χ2n) is 7.19. The Bertz CT molecular complexity index is 869. The topological polar surface area (TPSA) is 34.1 Å². The number of fused-ring (bicyclic) bond motifs is 3. The normalized spacial score (nSPS) is 24.8. The first-order valence-corrected chi connectivity index (χ1v) is 9.61. The second-order valence-corrected chi connectivity index (χ2v) is 7.62. The average Bonchev–Trinajstić information content (AvgIpc) is 2.86. The number of Topliss-reactive ketones (excluding diaryl/α,β-unsaturated/α-hetero) is 2. The summed E-state index contributed by atoms with van der Waals surface area (Å²) in [6, 6.07) is 13.8. The largest absolute Gasteiger partial charge is 0.298 e. The number of ketones is 2. The van der Waals surface area contributed by atoms with Gasteiger partial charge in [0.15, 0.2) is 11.6 Å². The highest BCUT2D eigenvalue weighted by atomic mass is 35.5. The molecule has 0 aliphatic heterocycles. The van der Waals surface area contributed by atoms with Crippen LogP contribution in [0.2, 0.25) is 5.02 Å².